The molecule has 33 heavy (non-hydrogen) atoms. The van der Waals surface area contributed by atoms with Crippen molar-refractivity contribution in [3.63, 3.8) is 0 Å². The lowest BCUT2D eigenvalue weighted by atomic mass is 10.1. The number of aryl methyl sites for hydroxylation is 1. The number of carbonyl (C=O) groups is 2. The van der Waals surface area contributed by atoms with Crippen molar-refractivity contribution in [2.24, 2.45) is 7.05 Å². The largest absolute Gasteiger partial charge is 0.494 e. The first-order chi connectivity index (χ1) is 16.0. The first-order valence-corrected chi connectivity index (χ1v) is 10.8. The van der Waals surface area contributed by atoms with E-state index in [9.17, 15) is 9.59 Å². The zero-order valence-corrected chi connectivity index (χ0v) is 19.3. The molecule has 0 saturated heterocycles. The summed E-state index contributed by atoms with van der Waals surface area (Å²) < 4.78 is 7.26. The summed E-state index contributed by atoms with van der Waals surface area (Å²) in [6, 6.07) is 7.15. The van der Waals surface area contributed by atoms with Crippen molar-refractivity contribution in [1.29, 1.82) is 0 Å². The predicted molar refractivity (Wildman–Crippen MR) is 127 cm³/mol. The summed E-state index contributed by atoms with van der Waals surface area (Å²) in [5.41, 5.74) is 2.10. The van der Waals surface area contributed by atoms with Gasteiger partial charge in [0.05, 0.1) is 29.6 Å². The number of methoxy groups -OCH3 is 1. The van der Waals surface area contributed by atoms with Gasteiger partial charge < -0.3 is 20.7 Å². The van der Waals surface area contributed by atoms with Crippen LogP contribution in [0.5, 0.6) is 5.75 Å². The number of para-hydroxylation sites is 1. The fraction of sp³-hybridized carbons (Fsp3) is 0.348. The third kappa shape index (κ3) is 5.85. The fourth-order valence-electron chi connectivity index (χ4n) is 3.32. The minimum Gasteiger partial charge on any atom is -0.494 e. The summed E-state index contributed by atoms with van der Waals surface area (Å²) >= 11 is 0. The Hall–Kier alpha value is -3.95. The Morgan fingerprint density at radius 1 is 1.15 bits per heavy atom. The summed E-state index contributed by atoms with van der Waals surface area (Å²) in [4.78, 5) is 33.2. The molecule has 0 radical (unpaired) electrons. The summed E-state index contributed by atoms with van der Waals surface area (Å²) in [5.74, 6) is 0.962. The average molecular weight is 452 g/mol. The molecule has 3 rings (SSSR count). The van der Waals surface area contributed by atoms with Gasteiger partial charge in [-0.2, -0.15) is 5.10 Å². The number of carbonyl (C=O) groups excluding carboxylic acids is 2. The smallest absolute Gasteiger partial charge is 0.254 e. The van der Waals surface area contributed by atoms with Crippen molar-refractivity contribution < 1.29 is 14.3 Å². The molecule has 0 spiro atoms. The first-order valence-electron chi connectivity index (χ1n) is 10.8. The number of hydrogen-bond donors (Lipinski definition) is 3. The maximum Gasteiger partial charge on any atom is 0.254 e. The van der Waals surface area contributed by atoms with Crippen LogP contribution in [-0.4, -0.2) is 45.7 Å². The molecular weight excluding hydrogens is 422 g/mol. The zero-order chi connectivity index (χ0) is 23.8. The Morgan fingerprint density at radius 2 is 1.97 bits per heavy atom. The number of aromatic nitrogens is 4. The average Bonchev–Trinajstić information content (AvgIpc) is 3.25. The summed E-state index contributed by atoms with van der Waals surface area (Å²) in [6.07, 6.45) is 6.30. The van der Waals surface area contributed by atoms with Crippen molar-refractivity contribution in [1.82, 2.24) is 25.1 Å². The van der Waals surface area contributed by atoms with E-state index in [1.165, 1.54) is 6.20 Å². The lowest BCUT2D eigenvalue weighted by Gasteiger charge is -2.16. The molecule has 10 nitrogen and oxygen atoms in total. The second-order valence-corrected chi connectivity index (χ2v) is 7.45. The van der Waals surface area contributed by atoms with Crippen molar-refractivity contribution in [3.8, 4) is 17.1 Å². The number of anilines is 3. The van der Waals surface area contributed by atoms with Crippen LogP contribution in [0.3, 0.4) is 0 Å². The topological polar surface area (TPSA) is 123 Å². The Balaban J connectivity index is 1.94. The number of pyridine rings is 1. The van der Waals surface area contributed by atoms with Gasteiger partial charge in [0, 0.05) is 32.8 Å². The first kappa shape index (κ1) is 23.7. The van der Waals surface area contributed by atoms with E-state index >= 15 is 0 Å². The Kier molecular flexibility index (Phi) is 7.96. The number of amides is 2. The van der Waals surface area contributed by atoms with Crippen molar-refractivity contribution in [2.75, 3.05) is 24.8 Å². The van der Waals surface area contributed by atoms with Gasteiger partial charge in [-0.15, -0.1) is 0 Å². The molecule has 10 heteroatoms. The van der Waals surface area contributed by atoms with E-state index in [4.69, 9.17) is 4.74 Å². The van der Waals surface area contributed by atoms with Crippen LogP contribution < -0.4 is 20.7 Å². The standard InChI is InChI=1S/C23H29N7O3/c1-5-6-7-11-20(31)28-19-12-18(16(13-25-19)23(32)24-2)27-17-10-8-9-15(21(17)33-4)22-26-14-30(3)29-22/h8-10,12-14H,5-7,11H2,1-4H3,(H,24,32)(H2,25,27,28,31). The van der Waals surface area contributed by atoms with Gasteiger partial charge in [-0.25, -0.2) is 9.97 Å². The van der Waals surface area contributed by atoms with E-state index in [-0.39, 0.29) is 11.8 Å². The number of rotatable bonds is 10. The molecule has 2 heterocycles. The number of nitrogens with zero attached hydrogens (tertiary/aromatic N) is 4. The molecule has 2 aromatic heterocycles. The van der Waals surface area contributed by atoms with E-state index in [0.29, 0.717) is 46.3 Å². The van der Waals surface area contributed by atoms with Gasteiger partial charge in [0.25, 0.3) is 5.91 Å². The molecule has 0 fully saturated rings. The molecule has 0 aliphatic rings. The van der Waals surface area contributed by atoms with Crippen molar-refractivity contribution in [3.05, 3.63) is 42.4 Å². The fourth-order valence-corrected chi connectivity index (χ4v) is 3.32. The van der Waals surface area contributed by atoms with Gasteiger partial charge in [-0.3, -0.25) is 14.3 Å². The van der Waals surface area contributed by atoms with Crippen molar-refractivity contribution in [2.45, 2.75) is 32.6 Å². The summed E-state index contributed by atoms with van der Waals surface area (Å²) in [7, 11) is 4.89. The maximum atomic E-state index is 12.4. The van der Waals surface area contributed by atoms with Gasteiger partial charge in [0.2, 0.25) is 5.91 Å². The third-order valence-corrected chi connectivity index (χ3v) is 4.98. The van der Waals surface area contributed by atoms with E-state index in [1.807, 2.05) is 18.2 Å². The molecule has 0 aliphatic carbocycles. The molecule has 3 N–H and O–H groups in total. The SMILES string of the molecule is CCCCCC(=O)Nc1cc(Nc2cccc(-c3ncn(C)n3)c2OC)c(C(=O)NC)cn1. The minimum absolute atomic E-state index is 0.115. The number of unbranched alkanes of at least 4 members (excludes halogenated alkanes) is 2. The maximum absolute atomic E-state index is 12.4. The van der Waals surface area contributed by atoms with Gasteiger partial charge in [0.15, 0.2) is 11.6 Å². The monoisotopic (exact) mass is 451 g/mol. The van der Waals surface area contributed by atoms with Crippen LogP contribution in [0, 0.1) is 0 Å². The van der Waals surface area contributed by atoms with Crippen molar-refractivity contribution >= 4 is 29.0 Å². The summed E-state index contributed by atoms with van der Waals surface area (Å²) in [6.45, 7) is 2.09. The van der Waals surface area contributed by atoms with Gasteiger partial charge in [0.1, 0.15) is 12.1 Å². The van der Waals surface area contributed by atoms with Crippen LogP contribution in [0.2, 0.25) is 0 Å². The lowest BCUT2D eigenvalue weighted by molar-refractivity contribution is -0.116. The van der Waals surface area contributed by atoms with E-state index < -0.39 is 0 Å². The highest BCUT2D eigenvalue weighted by atomic mass is 16.5. The highest BCUT2D eigenvalue weighted by molar-refractivity contribution is 6.01. The van der Waals surface area contributed by atoms with Crippen LogP contribution in [0.25, 0.3) is 11.4 Å². The molecule has 0 bridgehead atoms. The Bertz CT molecular complexity index is 1130. The molecule has 1 aromatic carbocycles. The molecule has 0 atom stereocenters. The van der Waals surface area contributed by atoms with Crippen LogP contribution in [0.1, 0.15) is 43.0 Å². The Morgan fingerprint density at radius 3 is 2.64 bits per heavy atom. The molecule has 3 aromatic rings. The number of benzene rings is 1. The van der Waals surface area contributed by atoms with E-state index in [0.717, 1.165) is 19.3 Å². The van der Waals surface area contributed by atoms with Gasteiger partial charge in [-0.1, -0.05) is 25.8 Å². The van der Waals surface area contributed by atoms with Crippen LogP contribution in [0.15, 0.2) is 36.8 Å². The summed E-state index contributed by atoms with van der Waals surface area (Å²) in [5, 5.41) is 13.0. The number of ether oxygens (including phenoxy) is 1. The molecule has 2 amide bonds. The van der Waals surface area contributed by atoms with E-state index in [2.05, 4.69) is 37.9 Å². The molecule has 174 valence electrons. The highest BCUT2D eigenvalue weighted by Crippen LogP contribution is 2.37. The highest BCUT2D eigenvalue weighted by Gasteiger charge is 2.18. The minimum atomic E-state index is -0.313. The predicted octanol–water partition coefficient (Wildman–Crippen LogP) is 3.51. The second kappa shape index (κ2) is 11.1. The normalized spacial score (nSPS) is 10.5. The molecular formula is C23H29N7O3. The van der Waals surface area contributed by atoms with E-state index in [1.54, 1.807) is 38.3 Å². The zero-order valence-electron chi connectivity index (χ0n) is 19.3. The third-order valence-electron chi connectivity index (χ3n) is 4.98. The van der Waals surface area contributed by atoms with Crippen LogP contribution >= 0.6 is 0 Å². The number of nitrogens with one attached hydrogen (secondary N) is 3. The quantitative estimate of drug-likeness (QED) is 0.403. The molecule has 0 aliphatic heterocycles. The van der Waals surface area contributed by atoms with Crippen LogP contribution in [0.4, 0.5) is 17.2 Å². The van der Waals surface area contributed by atoms with Crippen LogP contribution in [-0.2, 0) is 11.8 Å². The second-order valence-electron chi connectivity index (χ2n) is 7.45. The van der Waals surface area contributed by atoms with Gasteiger partial charge in [-0.05, 0) is 18.6 Å². The molecule has 0 saturated carbocycles. The molecule has 0 unspecified atom stereocenters. The van der Waals surface area contributed by atoms with Gasteiger partial charge >= 0.3 is 0 Å². The Labute approximate surface area is 192 Å². The number of hydrogen-bond acceptors (Lipinski definition) is 7. The lowest BCUT2D eigenvalue weighted by Crippen LogP contribution is -2.20.